The van der Waals surface area contributed by atoms with Crippen molar-refractivity contribution in [3.05, 3.63) is 30.2 Å². The Bertz CT molecular complexity index is 724. The monoisotopic (exact) mass is 286 g/mol. The van der Waals surface area contributed by atoms with Crippen molar-refractivity contribution in [2.75, 3.05) is 5.73 Å². The highest BCUT2D eigenvalue weighted by Crippen LogP contribution is 2.46. The molecule has 0 unspecified atom stereocenters. The number of aromatic nitrogens is 3. The van der Waals surface area contributed by atoms with E-state index < -0.39 is 6.10 Å². The van der Waals surface area contributed by atoms with Gasteiger partial charge in [0.25, 0.3) is 0 Å². The predicted molar refractivity (Wildman–Crippen MR) is 78.4 cm³/mol. The fourth-order valence-electron chi connectivity index (χ4n) is 3.76. The SMILES string of the molecule is Nc1ncnc2c1ccn2[C@H]1C[C@H](O)[C@H]2C[C@H](O)CC=C21. The third-order valence-electron chi connectivity index (χ3n) is 4.77. The molecule has 2 aliphatic carbocycles. The minimum Gasteiger partial charge on any atom is -0.393 e. The summed E-state index contributed by atoms with van der Waals surface area (Å²) in [5, 5.41) is 21.0. The van der Waals surface area contributed by atoms with Crippen molar-refractivity contribution in [3.8, 4) is 0 Å². The van der Waals surface area contributed by atoms with Crippen LogP contribution in [0.4, 0.5) is 5.82 Å². The summed E-state index contributed by atoms with van der Waals surface area (Å²) in [6, 6.07) is 2.01. The first-order valence-electron chi connectivity index (χ1n) is 7.28. The molecule has 0 aliphatic heterocycles. The number of nitrogens with two attached hydrogens (primary N) is 1. The molecule has 4 atom stereocenters. The molecule has 0 aromatic carbocycles. The van der Waals surface area contributed by atoms with Crippen LogP contribution in [0.25, 0.3) is 11.0 Å². The van der Waals surface area contributed by atoms with Gasteiger partial charge < -0.3 is 20.5 Å². The zero-order chi connectivity index (χ0) is 14.6. The van der Waals surface area contributed by atoms with E-state index in [4.69, 9.17) is 5.73 Å². The van der Waals surface area contributed by atoms with Gasteiger partial charge in [-0.05, 0) is 30.9 Å². The number of nitrogen functional groups attached to an aromatic ring is 1. The number of hydrogen-bond acceptors (Lipinski definition) is 5. The van der Waals surface area contributed by atoms with E-state index in [9.17, 15) is 10.2 Å². The molecule has 2 aromatic rings. The Morgan fingerprint density at radius 1 is 1.24 bits per heavy atom. The van der Waals surface area contributed by atoms with Crippen LogP contribution >= 0.6 is 0 Å². The standard InChI is InChI=1S/C15H18N4O2/c16-14-10-3-4-19(15(10)18-7-17-14)12-6-13(21)11-5-8(20)1-2-9(11)12/h2-4,7-8,11-13,20-21H,1,5-6H2,(H2,16,17,18)/t8-,11+,12+,13+/m1/s1. The van der Waals surface area contributed by atoms with E-state index in [1.807, 2.05) is 12.3 Å². The lowest BCUT2D eigenvalue weighted by Crippen LogP contribution is -2.24. The highest BCUT2D eigenvalue weighted by atomic mass is 16.3. The van der Waals surface area contributed by atoms with Gasteiger partial charge in [-0.1, -0.05) is 6.08 Å². The summed E-state index contributed by atoms with van der Waals surface area (Å²) in [5.41, 5.74) is 7.89. The molecule has 1 fully saturated rings. The number of hydrogen-bond donors (Lipinski definition) is 3. The quantitative estimate of drug-likeness (QED) is 0.680. The molecule has 0 bridgehead atoms. The first-order valence-corrected chi connectivity index (χ1v) is 7.28. The Morgan fingerprint density at radius 3 is 2.95 bits per heavy atom. The van der Waals surface area contributed by atoms with Gasteiger partial charge in [-0.15, -0.1) is 0 Å². The summed E-state index contributed by atoms with van der Waals surface area (Å²) in [5.74, 6) is 0.525. The summed E-state index contributed by atoms with van der Waals surface area (Å²) in [4.78, 5) is 8.35. The Labute approximate surface area is 121 Å². The average Bonchev–Trinajstić information content (AvgIpc) is 3.02. The topological polar surface area (TPSA) is 97.2 Å². The lowest BCUT2D eigenvalue weighted by molar-refractivity contribution is 0.0845. The first kappa shape index (κ1) is 12.8. The van der Waals surface area contributed by atoms with E-state index in [1.165, 1.54) is 11.9 Å². The molecule has 4 rings (SSSR count). The van der Waals surface area contributed by atoms with Gasteiger partial charge >= 0.3 is 0 Å². The van der Waals surface area contributed by atoms with Crippen molar-refractivity contribution in [2.45, 2.75) is 37.5 Å². The van der Waals surface area contributed by atoms with Crippen LogP contribution in [-0.2, 0) is 0 Å². The molecule has 6 heteroatoms. The minimum absolute atomic E-state index is 0.0513. The van der Waals surface area contributed by atoms with Crippen molar-refractivity contribution < 1.29 is 10.2 Å². The molecule has 2 aromatic heterocycles. The molecule has 21 heavy (non-hydrogen) atoms. The number of fused-ring (bicyclic) bond motifs is 2. The smallest absolute Gasteiger partial charge is 0.146 e. The van der Waals surface area contributed by atoms with Gasteiger partial charge in [0, 0.05) is 12.1 Å². The van der Waals surface area contributed by atoms with Gasteiger partial charge in [0.05, 0.1) is 23.6 Å². The molecule has 6 nitrogen and oxygen atoms in total. The zero-order valence-electron chi connectivity index (χ0n) is 11.6. The zero-order valence-corrected chi connectivity index (χ0v) is 11.6. The third-order valence-corrected chi connectivity index (χ3v) is 4.77. The normalized spacial score (nSPS) is 32.2. The highest BCUT2D eigenvalue weighted by molar-refractivity contribution is 5.86. The van der Waals surface area contributed by atoms with Gasteiger partial charge in [-0.2, -0.15) is 0 Å². The number of aliphatic hydroxyl groups is 2. The molecule has 2 heterocycles. The van der Waals surface area contributed by atoms with Crippen LogP contribution in [0.15, 0.2) is 30.2 Å². The minimum atomic E-state index is -0.409. The number of nitrogens with zero attached hydrogens (tertiary/aromatic N) is 3. The first-order chi connectivity index (χ1) is 10.1. The lowest BCUT2D eigenvalue weighted by atomic mass is 9.86. The largest absolute Gasteiger partial charge is 0.393 e. The number of aliphatic hydroxyl groups excluding tert-OH is 2. The van der Waals surface area contributed by atoms with Gasteiger partial charge in [-0.3, -0.25) is 0 Å². The highest BCUT2D eigenvalue weighted by Gasteiger charge is 2.41. The van der Waals surface area contributed by atoms with E-state index in [0.717, 1.165) is 11.0 Å². The fourth-order valence-corrected chi connectivity index (χ4v) is 3.76. The summed E-state index contributed by atoms with van der Waals surface area (Å²) >= 11 is 0. The second-order valence-electron chi connectivity index (χ2n) is 5.97. The van der Waals surface area contributed by atoms with Crippen LogP contribution in [0.3, 0.4) is 0 Å². The van der Waals surface area contributed by atoms with Crippen LogP contribution in [0, 0.1) is 5.92 Å². The molecular weight excluding hydrogens is 268 g/mol. The summed E-state index contributed by atoms with van der Waals surface area (Å²) < 4.78 is 2.07. The van der Waals surface area contributed by atoms with Crippen molar-refractivity contribution in [1.82, 2.24) is 14.5 Å². The Balaban J connectivity index is 1.81. The lowest BCUT2D eigenvalue weighted by Gasteiger charge is -2.26. The second-order valence-corrected chi connectivity index (χ2v) is 5.97. The molecule has 0 spiro atoms. The van der Waals surface area contributed by atoms with E-state index in [-0.39, 0.29) is 18.1 Å². The van der Waals surface area contributed by atoms with E-state index in [2.05, 4.69) is 20.6 Å². The second kappa shape index (κ2) is 4.54. The molecule has 4 N–H and O–H groups in total. The van der Waals surface area contributed by atoms with Gasteiger partial charge in [0.15, 0.2) is 0 Å². The Morgan fingerprint density at radius 2 is 2.10 bits per heavy atom. The van der Waals surface area contributed by atoms with Gasteiger partial charge in [0.1, 0.15) is 17.8 Å². The summed E-state index contributed by atoms with van der Waals surface area (Å²) in [6.07, 6.45) is 6.70. The van der Waals surface area contributed by atoms with Crippen LogP contribution in [-0.4, -0.2) is 37.0 Å². The van der Waals surface area contributed by atoms with Crippen molar-refractivity contribution in [1.29, 1.82) is 0 Å². The summed E-state index contributed by atoms with van der Waals surface area (Å²) in [7, 11) is 0. The van der Waals surface area contributed by atoms with Crippen LogP contribution in [0.5, 0.6) is 0 Å². The molecule has 0 amide bonds. The Hall–Kier alpha value is -1.92. The van der Waals surface area contributed by atoms with Crippen molar-refractivity contribution in [3.63, 3.8) is 0 Å². The van der Waals surface area contributed by atoms with Crippen LogP contribution < -0.4 is 5.73 Å². The molecule has 2 aliphatic rings. The van der Waals surface area contributed by atoms with Crippen LogP contribution in [0.2, 0.25) is 0 Å². The Kier molecular flexibility index (Phi) is 2.77. The maximum atomic E-state index is 10.3. The fraction of sp³-hybridized carbons (Fsp3) is 0.467. The summed E-state index contributed by atoms with van der Waals surface area (Å²) in [6.45, 7) is 0. The van der Waals surface area contributed by atoms with E-state index in [0.29, 0.717) is 25.1 Å². The third kappa shape index (κ3) is 1.86. The molecule has 0 saturated heterocycles. The molecular formula is C15H18N4O2. The van der Waals surface area contributed by atoms with E-state index in [1.54, 1.807) is 0 Å². The predicted octanol–water partition coefficient (Wildman–Crippen LogP) is 1.02. The van der Waals surface area contributed by atoms with Crippen LogP contribution in [0.1, 0.15) is 25.3 Å². The van der Waals surface area contributed by atoms with E-state index >= 15 is 0 Å². The number of anilines is 1. The molecule has 110 valence electrons. The molecule has 0 radical (unpaired) electrons. The van der Waals surface area contributed by atoms with Gasteiger partial charge in [0.2, 0.25) is 0 Å². The number of rotatable bonds is 1. The van der Waals surface area contributed by atoms with Crippen molar-refractivity contribution >= 4 is 16.9 Å². The maximum Gasteiger partial charge on any atom is 0.146 e. The maximum absolute atomic E-state index is 10.3. The molecule has 1 saturated carbocycles. The van der Waals surface area contributed by atoms with Crippen molar-refractivity contribution in [2.24, 2.45) is 5.92 Å². The van der Waals surface area contributed by atoms with Gasteiger partial charge in [-0.25, -0.2) is 9.97 Å². The average molecular weight is 286 g/mol.